The van der Waals surface area contributed by atoms with E-state index in [0.29, 0.717) is 12.4 Å². The molecule has 0 radical (unpaired) electrons. The van der Waals surface area contributed by atoms with Gasteiger partial charge in [-0.3, -0.25) is 4.79 Å². The molecule has 1 aromatic rings. The van der Waals surface area contributed by atoms with Gasteiger partial charge in [0.25, 0.3) is 0 Å². The van der Waals surface area contributed by atoms with E-state index in [-0.39, 0.29) is 11.9 Å². The fourth-order valence-electron chi connectivity index (χ4n) is 5.73. The Balaban J connectivity index is 1.30. The van der Waals surface area contributed by atoms with E-state index in [4.69, 9.17) is 9.47 Å². The standard InChI is InChI=1S/C31H48O3/c1-3-5-7-10-26-12-14-27(15-13-26)11-8-24-33-29-20-22-30(23-21-29)34-31(32)28-18-16-25(17-19-28)9-6-4-2/h8,11,20-23,25-28H,3-7,9-10,12-19,24H2,1-2H3/t25-,26-,27-,28-. The van der Waals surface area contributed by atoms with Gasteiger partial charge >= 0.3 is 5.97 Å². The first-order valence-electron chi connectivity index (χ1n) is 14.3. The average molecular weight is 469 g/mol. The monoisotopic (exact) mass is 468 g/mol. The first-order chi connectivity index (χ1) is 16.7. The van der Waals surface area contributed by atoms with Gasteiger partial charge in [-0.05, 0) is 93.4 Å². The van der Waals surface area contributed by atoms with E-state index in [1.165, 1.54) is 83.5 Å². The number of hydrogen-bond donors (Lipinski definition) is 0. The maximum atomic E-state index is 12.6. The van der Waals surface area contributed by atoms with Crippen LogP contribution in [0.4, 0.5) is 0 Å². The average Bonchev–Trinajstić information content (AvgIpc) is 2.87. The van der Waals surface area contributed by atoms with Crippen molar-refractivity contribution in [2.75, 3.05) is 6.61 Å². The normalized spacial score (nSPS) is 25.4. The fraction of sp³-hybridized carbons (Fsp3) is 0.710. The van der Waals surface area contributed by atoms with Crippen LogP contribution in [0.3, 0.4) is 0 Å². The van der Waals surface area contributed by atoms with Crippen LogP contribution in [-0.2, 0) is 4.79 Å². The Labute approximate surface area is 208 Å². The summed E-state index contributed by atoms with van der Waals surface area (Å²) in [5.41, 5.74) is 0. The molecule has 0 heterocycles. The van der Waals surface area contributed by atoms with Gasteiger partial charge in [-0.25, -0.2) is 0 Å². The highest BCUT2D eigenvalue weighted by molar-refractivity contribution is 5.75. The number of rotatable bonds is 13. The summed E-state index contributed by atoms with van der Waals surface area (Å²) in [6.07, 6.45) is 23.7. The van der Waals surface area contributed by atoms with Gasteiger partial charge in [0, 0.05) is 0 Å². The molecule has 1 aromatic carbocycles. The van der Waals surface area contributed by atoms with Crippen molar-refractivity contribution in [2.45, 2.75) is 110 Å². The van der Waals surface area contributed by atoms with Gasteiger partial charge in [-0.2, -0.15) is 0 Å². The molecule has 0 aromatic heterocycles. The van der Waals surface area contributed by atoms with Crippen molar-refractivity contribution in [1.29, 1.82) is 0 Å². The third-order valence-corrected chi connectivity index (χ3v) is 8.05. The van der Waals surface area contributed by atoms with Crippen LogP contribution < -0.4 is 9.47 Å². The Hall–Kier alpha value is -1.77. The molecule has 34 heavy (non-hydrogen) atoms. The number of unbranched alkanes of at least 4 members (excludes halogenated alkanes) is 3. The highest BCUT2D eigenvalue weighted by Crippen LogP contribution is 2.34. The van der Waals surface area contributed by atoms with E-state index < -0.39 is 0 Å². The molecule has 0 saturated heterocycles. The van der Waals surface area contributed by atoms with Crippen LogP contribution in [0, 0.1) is 23.7 Å². The van der Waals surface area contributed by atoms with Crippen molar-refractivity contribution in [3.8, 4) is 11.5 Å². The minimum absolute atomic E-state index is 0.0605. The van der Waals surface area contributed by atoms with Crippen molar-refractivity contribution in [3.05, 3.63) is 36.4 Å². The van der Waals surface area contributed by atoms with Crippen LogP contribution in [0.1, 0.15) is 110 Å². The zero-order valence-electron chi connectivity index (χ0n) is 21.8. The van der Waals surface area contributed by atoms with Crippen molar-refractivity contribution < 1.29 is 14.3 Å². The number of allylic oxidation sites excluding steroid dienone is 1. The van der Waals surface area contributed by atoms with E-state index in [1.54, 1.807) is 0 Å². The number of carbonyl (C=O) groups is 1. The van der Waals surface area contributed by atoms with E-state index >= 15 is 0 Å². The molecular weight excluding hydrogens is 420 g/mol. The minimum Gasteiger partial charge on any atom is -0.490 e. The Bertz CT molecular complexity index is 707. The van der Waals surface area contributed by atoms with Crippen LogP contribution in [0.5, 0.6) is 11.5 Å². The second-order valence-electron chi connectivity index (χ2n) is 10.8. The molecule has 2 fully saturated rings. The maximum Gasteiger partial charge on any atom is 0.314 e. The zero-order chi connectivity index (χ0) is 24.0. The van der Waals surface area contributed by atoms with Gasteiger partial charge in [0.15, 0.2) is 0 Å². The number of hydrogen-bond acceptors (Lipinski definition) is 3. The number of ether oxygens (including phenoxy) is 2. The van der Waals surface area contributed by atoms with Crippen LogP contribution in [0.25, 0.3) is 0 Å². The molecule has 0 spiro atoms. The molecule has 0 atom stereocenters. The minimum atomic E-state index is -0.0642. The topological polar surface area (TPSA) is 35.5 Å². The molecule has 0 N–H and O–H groups in total. The van der Waals surface area contributed by atoms with Crippen LogP contribution in [-0.4, -0.2) is 12.6 Å². The highest BCUT2D eigenvalue weighted by atomic mass is 16.5. The van der Waals surface area contributed by atoms with Crippen molar-refractivity contribution in [1.82, 2.24) is 0 Å². The van der Waals surface area contributed by atoms with Crippen molar-refractivity contribution in [2.24, 2.45) is 23.7 Å². The highest BCUT2D eigenvalue weighted by Gasteiger charge is 2.27. The number of benzene rings is 1. The van der Waals surface area contributed by atoms with Gasteiger partial charge in [-0.15, -0.1) is 0 Å². The van der Waals surface area contributed by atoms with E-state index in [2.05, 4.69) is 26.0 Å². The molecule has 0 bridgehead atoms. The second kappa shape index (κ2) is 15.3. The first-order valence-corrected chi connectivity index (χ1v) is 14.3. The van der Waals surface area contributed by atoms with Gasteiger partial charge < -0.3 is 9.47 Å². The third kappa shape index (κ3) is 9.47. The Morgan fingerprint density at radius 1 is 0.794 bits per heavy atom. The lowest BCUT2D eigenvalue weighted by Gasteiger charge is -2.27. The molecule has 2 saturated carbocycles. The number of esters is 1. The quantitative estimate of drug-likeness (QED) is 0.125. The van der Waals surface area contributed by atoms with Gasteiger partial charge in [0.1, 0.15) is 18.1 Å². The first kappa shape index (κ1) is 26.8. The lowest BCUT2D eigenvalue weighted by Crippen LogP contribution is -2.25. The largest absolute Gasteiger partial charge is 0.490 e. The number of carbonyl (C=O) groups excluding carboxylic acids is 1. The molecule has 0 aliphatic heterocycles. The molecular formula is C31H48O3. The maximum absolute atomic E-state index is 12.6. The summed E-state index contributed by atoms with van der Waals surface area (Å²) in [5, 5.41) is 0. The summed E-state index contributed by atoms with van der Waals surface area (Å²) < 4.78 is 11.5. The lowest BCUT2D eigenvalue weighted by atomic mass is 9.79. The predicted molar refractivity (Wildman–Crippen MR) is 141 cm³/mol. The summed E-state index contributed by atoms with van der Waals surface area (Å²) in [6.45, 7) is 5.13. The summed E-state index contributed by atoms with van der Waals surface area (Å²) in [4.78, 5) is 12.6. The van der Waals surface area contributed by atoms with Gasteiger partial charge in [0.2, 0.25) is 0 Å². The smallest absolute Gasteiger partial charge is 0.314 e. The Kier molecular flexibility index (Phi) is 12.1. The van der Waals surface area contributed by atoms with Crippen molar-refractivity contribution in [3.63, 3.8) is 0 Å². The molecule has 190 valence electrons. The molecule has 2 aliphatic rings. The molecule has 0 amide bonds. The lowest BCUT2D eigenvalue weighted by molar-refractivity contribution is -0.140. The van der Waals surface area contributed by atoms with Gasteiger partial charge in [-0.1, -0.05) is 70.9 Å². The predicted octanol–water partition coefficient (Wildman–Crippen LogP) is 8.91. The van der Waals surface area contributed by atoms with Crippen LogP contribution in [0.2, 0.25) is 0 Å². The summed E-state index contributed by atoms with van der Waals surface area (Å²) in [5.74, 6) is 3.92. The van der Waals surface area contributed by atoms with E-state index in [1.807, 2.05) is 24.3 Å². The molecule has 3 rings (SSSR count). The summed E-state index contributed by atoms with van der Waals surface area (Å²) in [6, 6.07) is 7.51. The second-order valence-corrected chi connectivity index (χ2v) is 10.8. The summed E-state index contributed by atoms with van der Waals surface area (Å²) in [7, 11) is 0. The SMILES string of the molecule is CCCCC[C@H]1CC[C@H](C=CCOc2ccc(OC(=O)[C@H]3CC[C@H](CCCC)CC3)cc2)CC1. The van der Waals surface area contributed by atoms with Crippen LogP contribution >= 0.6 is 0 Å². The fourth-order valence-corrected chi connectivity index (χ4v) is 5.73. The molecule has 2 aliphatic carbocycles. The van der Waals surface area contributed by atoms with E-state index in [9.17, 15) is 4.79 Å². The van der Waals surface area contributed by atoms with Crippen LogP contribution in [0.15, 0.2) is 36.4 Å². The molecule has 0 unspecified atom stereocenters. The molecule has 3 heteroatoms. The summed E-state index contributed by atoms with van der Waals surface area (Å²) >= 11 is 0. The zero-order valence-corrected chi connectivity index (χ0v) is 21.8. The Morgan fingerprint density at radius 2 is 1.38 bits per heavy atom. The third-order valence-electron chi connectivity index (χ3n) is 8.05. The van der Waals surface area contributed by atoms with Gasteiger partial charge in [0.05, 0.1) is 5.92 Å². The van der Waals surface area contributed by atoms with Crippen molar-refractivity contribution >= 4 is 5.97 Å². The molecule has 3 nitrogen and oxygen atoms in total. The van der Waals surface area contributed by atoms with E-state index in [0.717, 1.165) is 36.3 Å². The Morgan fingerprint density at radius 3 is 2.03 bits per heavy atom.